The highest BCUT2D eigenvalue weighted by molar-refractivity contribution is 5.83. The third-order valence-electron chi connectivity index (χ3n) is 3.94. The highest BCUT2D eigenvalue weighted by atomic mass is 16.4. The third-order valence-corrected chi connectivity index (χ3v) is 3.94. The van der Waals surface area contributed by atoms with Crippen molar-refractivity contribution in [1.29, 1.82) is 0 Å². The van der Waals surface area contributed by atoms with Gasteiger partial charge in [-0.3, -0.25) is 0 Å². The van der Waals surface area contributed by atoms with E-state index in [-0.39, 0.29) is 24.5 Å². The van der Waals surface area contributed by atoms with Crippen molar-refractivity contribution < 1.29 is 19.8 Å². The zero-order chi connectivity index (χ0) is 13.3. The molecule has 0 aromatic heterocycles. The van der Waals surface area contributed by atoms with E-state index < -0.39 is 18.1 Å². The van der Waals surface area contributed by atoms with Crippen LogP contribution in [-0.4, -0.2) is 51.3 Å². The number of amides is 2. The highest BCUT2D eigenvalue weighted by Gasteiger charge is 2.41. The van der Waals surface area contributed by atoms with Crippen LogP contribution >= 0.6 is 0 Å². The fraction of sp³-hybridized carbons (Fsp3) is 0.833. The van der Waals surface area contributed by atoms with Gasteiger partial charge in [0.05, 0.1) is 6.10 Å². The summed E-state index contributed by atoms with van der Waals surface area (Å²) in [7, 11) is 0. The van der Waals surface area contributed by atoms with E-state index in [9.17, 15) is 14.7 Å². The lowest BCUT2D eigenvalue weighted by molar-refractivity contribution is -0.141. The molecule has 18 heavy (non-hydrogen) atoms. The topological polar surface area (TPSA) is 89.9 Å². The van der Waals surface area contributed by atoms with Gasteiger partial charge in [0.25, 0.3) is 0 Å². The van der Waals surface area contributed by atoms with Crippen LogP contribution < -0.4 is 5.32 Å². The number of nitrogens with zero attached hydrogens (tertiary/aromatic N) is 1. The van der Waals surface area contributed by atoms with E-state index in [0.29, 0.717) is 0 Å². The van der Waals surface area contributed by atoms with Crippen LogP contribution in [0.2, 0.25) is 0 Å². The Kier molecular flexibility index (Phi) is 3.47. The molecule has 0 unspecified atom stereocenters. The molecule has 1 heterocycles. The Labute approximate surface area is 106 Å². The first-order valence-corrected chi connectivity index (χ1v) is 6.41. The number of hydrogen-bond acceptors (Lipinski definition) is 3. The molecule has 2 aliphatic rings. The van der Waals surface area contributed by atoms with Crippen LogP contribution in [0, 0.1) is 0 Å². The smallest absolute Gasteiger partial charge is 0.326 e. The zero-order valence-corrected chi connectivity index (χ0v) is 10.6. The predicted molar refractivity (Wildman–Crippen MR) is 64.2 cm³/mol. The summed E-state index contributed by atoms with van der Waals surface area (Å²) in [5, 5.41) is 21.5. The number of carboxylic acids is 1. The fourth-order valence-electron chi connectivity index (χ4n) is 2.88. The van der Waals surface area contributed by atoms with Crippen molar-refractivity contribution >= 4 is 12.0 Å². The standard InChI is InChI=1S/C12H20N2O4/c1-12(4-2-3-5-12)13-11(18)14-7-8(15)6-9(14)10(16)17/h8-9,15H,2-7H2,1H3,(H,13,18)(H,16,17)/t8-,9-/m1/s1. The number of carboxylic acid groups (broad SMARTS) is 1. The third kappa shape index (κ3) is 2.58. The SMILES string of the molecule is CC1(NC(=O)N2C[C@H](O)C[C@@H]2C(=O)O)CCCC1. The summed E-state index contributed by atoms with van der Waals surface area (Å²) in [6.07, 6.45) is 3.39. The molecule has 6 heteroatoms. The molecule has 0 bridgehead atoms. The number of likely N-dealkylation sites (tertiary alicyclic amines) is 1. The largest absolute Gasteiger partial charge is 0.480 e. The lowest BCUT2D eigenvalue weighted by atomic mass is 10.0. The maximum atomic E-state index is 12.1. The Morgan fingerprint density at radius 2 is 1.94 bits per heavy atom. The van der Waals surface area contributed by atoms with E-state index in [1.807, 2.05) is 6.92 Å². The number of rotatable bonds is 2. The van der Waals surface area contributed by atoms with Crippen molar-refractivity contribution in [1.82, 2.24) is 10.2 Å². The summed E-state index contributed by atoms with van der Waals surface area (Å²) < 4.78 is 0. The van der Waals surface area contributed by atoms with Crippen LogP contribution in [0.5, 0.6) is 0 Å². The molecule has 0 aromatic carbocycles. The summed E-state index contributed by atoms with van der Waals surface area (Å²) in [6, 6.07) is -1.28. The molecule has 1 saturated carbocycles. The van der Waals surface area contributed by atoms with Crippen LogP contribution in [0.3, 0.4) is 0 Å². The number of nitrogens with one attached hydrogen (secondary N) is 1. The first-order chi connectivity index (χ1) is 8.41. The van der Waals surface area contributed by atoms with Gasteiger partial charge >= 0.3 is 12.0 Å². The van der Waals surface area contributed by atoms with E-state index in [2.05, 4.69) is 5.32 Å². The lowest BCUT2D eigenvalue weighted by Gasteiger charge is -2.30. The van der Waals surface area contributed by atoms with Gasteiger partial charge in [0.2, 0.25) is 0 Å². The second-order valence-electron chi connectivity index (χ2n) is 5.59. The number of aliphatic hydroxyl groups excluding tert-OH is 1. The number of β-amino-alcohol motifs (C(OH)–C–C–N with tert-alkyl or cyclic N) is 1. The molecule has 3 N–H and O–H groups in total. The predicted octanol–water partition coefficient (Wildman–Crippen LogP) is 0.548. The van der Waals surface area contributed by atoms with E-state index in [0.717, 1.165) is 25.7 Å². The van der Waals surface area contributed by atoms with Crippen molar-refractivity contribution in [2.75, 3.05) is 6.54 Å². The molecular formula is C12H20N2O4. The van der Waals surface area contributed by atoms with Gasteiger partial charge in [-0.1, -0.05) is 12.8 Å². The summed E-state index contributed by atoms with van der Waals surface area (Å²) in [6.45, 7) is 2.08. The van der Waals surface area contributed by atoms with E-state index in [1.54, 1.807) is 0 Å². The van der Waals surface area contributed by atoms with Gasteiger partial charge in [-0.25, -0.2) is 9.59 Å². The number of urea groups is 1. The summed E-state index contributed by atoms with van der Waals surface area (Å²) in [4.78, 5) is 24.4. The number of carbonyl (C=O) groups is 2. The van der Waals surface area contributed by atoms with Crippen LogP contribution in [-0.2, 0) is 4.79 Å². The Morgan fingerprint density at radius 1 is 1.33 bits per heavy atom. The van der Waals surface area contributed by atoms with Crippen molar-refractivity contribution in [2.45, 2.75) is 56.7 Å². The first-order valence-electron chi connectivity index (χ1n) is 6.41. The lowest BCUT2D eigenvalue weighted by Crippen LogP contribution is -2.53. The quantitative estimate of drug-likeness (QED) is 0.673. The number of hydrogen-bond donors (Lipinski definition) is 3. The second kappa shape index (κ2) is 4.76. The highest BCUT2D eigenvalue weighted by Crippen LogP contribution is 2.29. The van der Waals surface area contributed by atoms with Gasteiger partial charge < -0.3 is 20.4 Å². The van der Waals surface area contributed by atoms with Crippen molar-refractivity contribution in [2.24, 2.45) is 0 Å². The summed E-state index contributed by atoms with van der Waals surface area (Å²) in [5.41, 5.74) is -0.228. The normalized spacial score (nSPS) is 30.4. The van der Waals surface area contributed by atoms with Gasteiger partial charge in [0.15, 0.2) is 0 Å². The van der Waals surface area contributed by atoms with E-state index >= 15 is 0 Å². The van der Waals surface area contributed by atoms with Crippen LogP contribution in [0.1, 0.15) is 39.0 Å². The van der Waals surface area contributed by atoms with E-state index in [4.69, 9.17) is 5.11 Å². The molecule has 2 amide bonds. The van der Waals surface area contributed by atoms with Crippen molar-refractivity contribution in [3.8, 4) is 0 Å². The Balaban J connectivity index is 2.01. The Bertz CT molecular complexity index is 352. The minimum atomic E-state index is -1.06. The Morgan fingerprint density at radius 3 is 2.50 bits per heavy atom. The monoisotopic (exact) mass is 256 g/mol. The van der Waals surface area contributed by atoms with Gasteiger partial charge in [-0.05, 0) is 19.8 Å². The van der Waals surface area contributed by atoms with Gasteiger partial charge in [0.1, 0.15) is 6.04 Å². The van der Waals surface area contributed by atoms with Crippen LogP contribution in [0.15, 0.2) is 0 Å². The molecule has 2 atom stereocenters. The number of aliphatic hydroxyl groups is 1. The van der Waals surface area contributed by atoms with E-state index in [1.165, 1.54) is 4.90 Å². The number of carbonyl (C=O) groups excluding carboxylic acids is 1. The minimum absolute atomic E-state index is 0.0961. The molecule has 2 fully saturated rings. The molecule has 0 aromatic rings. The number of aliphatic carboxylic acids is 1. The minimum Gasteiger partial charge on any atom is -0.480 e. The van der Waals surface area contributed by atoms with Gasteiger partial charge in [-0.15, -0.1) is 0 Å². The average molecular weight is 256 g/mol. The van der Waals surface area contributed by atoms with Crippen LogP contribution in [0.4, 0.5) is 4.79 Å². The fourth-order valence-corrected chi connectivity index (χ4v) is 2.88. The second-order valence-corrected chi connectivity index (χ2v) is 5.59. The molecular weight excluding hydrogens is 236 g/mol. The molecule has 2 rings (SSSR count). The molecule has 102 valence electrons. The Hall–Kier alpha value is -1.30. The average Bonchev–Trinajstić information content (AvgIpc) is 2.85. The van der Waals surface area contributed by atoms with Gasteiger partial charge in [0, 0.05) is 18.5 Å². The zero-order valence-electron chi connectivity index (χ0n) is 10.6. The molecule has 6 nitrogen and oxygen atoms in total. The maximum absolute atomic E-state index is 12.1. The van der Waals surface area contributed by atoms with Gasteiger partial charge in [-0.2, -0.15) is 0 Å². The molecule has 0 spiro atoms. The first kappa shape index (κ1) is 13.1. The molecule has 1 aliphatic carbocycles. The molecule has 1 saturated heterocycles. The molecule has 0 radical (unpaired) electrons. The molecule has 1 aliphatic heterocycles. The summed E-state index contributed by atoms with van der Waals surface area (Å²) in [5.74, 6) is -1.06. The maximum Gasteiger partial charge on any atom is 0.326 e. The van der Waals surface area contributed by atoms with Crippen molar-refractivity contribution in [3.05, 3.63) is 0 Å². The summed E-state index contributed by atoms with van der Waals surface area (Å²) >= 11 is 0. The van der Waals surface area contributed by atoms with Crippen LogP contribution in [0.25, 0.3) is 0 Å². The van der Waals surface area contributed by atoms with Crippen molar-refractivity contribution in [3.63, 3.8) is 0 Å².